The second kappa shape index (κ2) is 6.03. The highest BCUT2D eigenvalue weighted by atomic mass is 35.5. The number of aromatic nitrogens is 2. The number of amides is 1. The molecule has 0 bridgehead atoms. The zero-order valence-corrected chi connectivity index (χ0v) is 12.7. The minimum atomic E-state index is -0.251. The van der Waals surface area contributed by atoms with Gasteiger partial charge >= 0.3 is 0 Å². The minimum Gasteiger partial charge on any atom is -0.322 e. The Labute approximate surface area is 133 Å². The molecule has 0 saturated heterocycles. The van der Waals surface area contributed by atoms with Gasteiger partial charge in [-0.2, -0.15) is 0 Å². The number of halogens is 1. The van der Waals surface area contributed by atoms with Crippen molar-refractivity contribution in [3.63, 3.8) is 0 Å². The van der Waals surface area contributed by atoms with E-state index in [1.807, 2.05) is 48.1 Å². The Morgan fingerprint density at radius 1 is 1.14 bits per heavy atom. The molecule has 110 valence electrons. The Balaban J connectivity index is 1.94. The Bertz CT molecular complexity index is 813. The van der Waals surface area contributed by atoms with Crippen molar-refractivity contribution in [2.24, 2.45) is 0 Å². The maximum atomic E-state index is 12.4. The fourth-order valence-electron chi connectivity index (χ4n) is 2.18. The number of aryl methyl sites for hydroxylation is 1. The van der Waals surface area contributed by atoms with Gasteiger partial charge in [0.05, 0.1) is 11.4 Å². The first-order valence-electron chi connectivity index (χ1n) is 6.81. The molecule has 0 aliphatic rings. The molecule has 1 aromatic carbocycles. The van der Waals surface area contributed by atoms with Gasteiger partial charge in [0.15, 0.2) is 0 Å². The number of anilines is 1. The molecule has 0 aliphatic carbocycles. The lowest BCUT2D eigenvalue weighted by Crippen LogP contribution is -2.15. The number of hydrogen-bond donors (Lipinski definition) is 1. The first-order valence-corrected chi connectivity index (χ1v) is 7.19. The quantitative estimate of drug-likeness (QED) is 0.792. The Morgan fingerprint density at radius 2 is 1.91 bits per heavy atom. The van der Waals surface area contributed by atoms with Crippen molar-refractivity contribution in [3.05, 3.63) is 77.3 Å². The first kappa shape index (κ1) is 14.4. The predicted molar refractivity (Wildman–Crippen MR) is 87.7 cm³/mol. The average Bonchev–Trinajstić information content (AvgIpc) is 3.03. The minimum absolute atomic E-state index is 0.251. The Morgan fingerprint density at radius 3 is 2.64 bits per heavy atom. The van der Waals surface area contributed by atoms with Gasteiger partial charge in [-0.15, -0.1) is 0 Å². The van der Waals surface area contributed by atoms with Gasteiger partial charge < -0.3 is 9.88 Å². The summed E-state index contributed by atoms with van der Waals surface area (Å²) in [4.78, 5) is 16.6. The summed E-state index contributed by atoms with van der Waals surface area (Å²) in [5.74, 6) is -0.251. The van der Waals surface area contributed by atoms with E-state index in [0.717, 1.165) is 11.4 Å². The normalized spacial score (nSPS) is 10.5. The standard InChI is InChI=1S/C17H14ClN3O/c1-12-5-4-6-15(19-12)17(22)20-14-8-7-13(18)11-16(14)21-9-2-3-10-21/h2-11H,1H3,(H,20,22). The van der Waals surface area contributed by atoms with Gasteiger partial charge in [0.2, 0.25) is 0 Å². The first-order chi connectivity index (χ1) is 10.6. The lowest BCUT2D eigenvalue weighted by Gasteiger charge is -2.12. The van der Waals surface area contributed by atoms with E-state index in [1.165, 1.54) is 0 Å². The van der Waals surface area contributed by atoms with Crippen LogP contribution in [0.25, 0.3) is 5.69 Å². The molecule has 0 radical (unpaired) electrons. The van der Waals surface area contributed by atoms with Crippen molar-refractivity contribution in [2.45, 2.75) is 6.92 Å². The third-order valence-corrected chi connectivity index (χ3v) is 3.45. The molecule has 0 spiro atoms. The van der Waals surface area contributed by atoms with Crippen LogP contribution in [0.1, 0.15) is 16.2 Å². The van der Waals surface area contributed by atoms with Gasteiger partial charge in [-0.3, -0.25) is 4.79 Å². The van der Waals surface area contributed by atoms with Crippen LogP contribution in [0.5, 0.6) is 0 Å². The van der Waals surface area contributed by atoms with Crippen molar-refractivity contribution in [3.8, 4) is 5.69 Å². The number of rotatable bonds is 3. The molecule has 3 rings (SSSR count). The Hall–Kier alpha value is -2.59. The van der Waals surface area contributed by atoms with Gasteiger partial charge in [-0.25, -0.2) is 4.98 Å². The summed E-state index contributed by atoms with van der Waals surface area (Å²) in [5, 5.41) is 3.50. The molecule has 1 N–H and O–H groups in total. The molecule has 3 aromatic rings. The molecule has 0 unspecified atom stereocenters. The van der Waals surface area contributed by atoms with Crippen LogP contribution in [0.15, 0.2) is 60.9 Å². The summed E-state index contributed by atoms with van der Waals surface area (Å²) < 4.78 is 1.89. The SMILES string of the molecule is Cc1cccc(C(=O)Nc2ccc(Cl)cc2-n2cccc2)n1. The third kappa shape index (κ3) is 3.02. The molecule has 0 atom stereocenters. The Kier molecular flexibility index (Phi) is 3.94. The highest BCUT2D eigenvalue weighted by molar-refractivity contribution is 6.31. The van der Waals surface area contributed by atoms with Crippen LogP contribution >= 0.6 is 11.6 Å². The van der Waals surface area contributed by atoms with Gasteiger partial charge in [0.1, 0.15) is 5.69 Å². The van der Waals surface area contributed by atoms with Crippen LogP contribution in [0.2, 0.25) is 5.02 Å². The lowest BCUT2D eigenvalue weighted by atomic mass is 10.2. The van der Waals surface area contributed by atoms with Gasteiger partial charge in [0, 0.05) is 23.1 Å². The molecular weight excluding hydrogens is 298 g/mol. The van der Waals surface area contributed by atoms with E-state index in [1.54, 1.807) is 24.3 Å². The van der Waals surface area contributed by atoms with Crippen LogP contribution in [0.4, 0.5) is 5.69 Å². The maximum Gasteiger partial charge on any atom is 0.274 e. The molecule has 5 heteroatoms. The van der Waals surface area contributed by atoms with Crippen molar-refractivity contribution in [1.29, 1.82) is 0 Å². The number of pyridine rings is 1. The molecule has 0 fully saturated rings. The highest BCUT2D eigenvalue weighted by Crippen LogP contribution is 2.25. The zero-order chi connectivity index (χ0) is 15.5. The molecule has 2 heterocycles. The van der Waals surface area contributed by atoms with E-state index < -0.39 is 0 Å². The van der Waals surface area contributed by atoms with Crippen molar-refractivity contribution in [1.82, 2.24) is 9.55 Å². The van der Waals surface area contributed by atoms with E-state index in [-0.39, 0.29) is 5.91 Å². The monoisotopic (exact) mass is 311 g/mol. The molecule has 2 aromatic heterocycles. The topological polar surface area (TPSA) is 46.9 Å². The highest BCUT2D eigenvalue weighted by Gasteiger charge is 2.11. The van der Waals surface area contributed by atoms with Gasteiger partial charge in [-0.05, 0) is 49.4 Å². The lowest BCUT2D eigenvalue weighted by molar-refractivity contribution is 0.102. The second-order valence-electron chi connectivity index (χ2n) is 4.87. The van der Waals surface area contributed by atoms with Crippen LogP contribution in [-0.2, 0) is 0 Å². The van der Waals surface area contributed by atoms with Crippen LogP contribution in [-0.4, -0.2) is 15.5 Å². The predicted octanol–water partition coefficient (Wildman–Crippen LogP) is 4.09. The average molecular weight is 312 g/mol. The van der Waals surface area contributed by atoms with E-state index in [9.17, 15) is 4.79 Å². The molecule has 22 heavy (non-hydrogen) atoms. The summed E-state index contributed by atoms with van der Waals surface area (Å²) in [5.41, 5.74) is 2.66. The summed E-state index contributed by atoms with van der Waals surface area (Å²) >= 11 is 6.07. The van der Waals surface area contributed by atoms with Crippen molar-refractivity contribution in [2.75, 3.05) is 5.32 Å². The number of carbonyl (C=O) groups excluding carboxylic acids is 1. The van der Waals surface area contributed by atoms with Gasteiger partial charge in [0.25, 0.3) is 5.91 Å². The van der Waals surface area contributed by atoms with Gasteiger partial charge in [-0.1, -0.05) is 17.7 Å². The fraction of sp³-hybridized carbons (Fsp3) is 0.0588. The summed E-state index contributed by atoms with van der Waals surface area (Å²) in [6, 6.07) is 14.5. The van der Waals surface area contributed by atoms with E-state index >= 15 is 0 Å². The number of hydrogen-bond acceptors (Lipinski definition) is 2. The summed E-state index contributed by atoms with van der Waals surface area (Å²) in [7, 11) is 0. The van der Waals surface area contributed by atoms with Crippen LogP contribution in [0, 0.1) is 6.92 Å². The van der Waals surface area contributed by atoms with E-state index in [2.05, 4.69) is 10.3 Å². The second-order valence-corrected chi connectivity index (χ2v) is 5.31. The number of nitrogens with zero attached hydrogens (tertiary/aromatic N) is 2. The fourth-order valence-corrected chi connectivity index (χ4v) is 2.34. The molecule has 0 aliphatic heterocycles. The van der Waals surface area contributed by atoms with E-state index in [0.29, 0.717) is 16.4 Å². The summed E-state index contributed by atoms with van der Waals surface area (Å²) in [6.45, 7) is 1.85. The number of benzene rings is 1. The smallest absolute Gasteiger partial charge is 0.274 e. The molecule has 1 amide bonds. The summed E-state index contributed by atoms with van der Waals surface area (Å²) in [6.07, 6.45) is 3.79. The number of nitrogens with one attached hydrogen (secondary N) is 1. The largest absolute Gasteiger partial charge is 0.322 e. The van der Waals surface area contributed by atoms with Crippen LogP contribution < -0.4 is 5.32 Å². The van der Waals surface area contributed by atoms with E-state index in [4.69, 9.17) is 11.6 Å². The van der Waals surface area contributed by atoms with Crippen molar-refractivity contribution < 1.29 is 4.79 Å². The van der Waals surface area contributed by atoms with Crippen LogP contribution in [0.3, 0.4) is 0 Å². The zero-order valence-electron chi connectivity index (χ0n) is 12.0. The number of carbonyl (C=O) groups is 1. The molecule has 0 saturated carbocycles. The molecular formula is C17H14ClN3O. The maximum absolute atomic E-state index is 12.4. The molecule has 4 nitrogen and oxygen atoms in total. The van der Waals surface area contributed by atoms with Crippen molar-refractivity contribution >= 4 is 23.2 Å². The third-order valence-electron chi connectivity index (χ3n) is 3.21.